The Labute approximate surface area is 148 Å². The maximum absolute atomic E-state index is 12.9. The molecule has 0 bridgehead atoms. The summed E-state index contributed by atoms with van der Waals surface area (Å²) >= 11 is 0. The number of likely N-dealkylation sites (tertiary alicyclic amines) is 2. The zero-order valence-electron chi connectivity index (χ0n) is 15.0. The molecule has 6 heteroatoms. The van der Waals surface area contributed by atoms with Crippen LogP contribution in [0, 0.1) is 5.92 Å². The first kappa shape index (κ1) is 17.6. The van der Waals surface area contributed by atoms with Gasteiger partial charge in [0.2, 0.25) is 5.91 Å². The van der Waals surface area contributed by atoms with E-state index in [1.54, 1.807) is 37.3 Å². The minimum Gasteiger partial charge on any atom is -0.493 e. The van der Waals surface area contributed by atoms with Crippen LogP contribution >= 0.6 is 0 Å². The highest BCUT2D eigenvalue weighted by atomic mass is 16.5. The van der Waals surface area contributed by atoms with Crippen molar-refractivity contribution in [2.75, 3.05) is 40.4 Å². The zero-order valence-corrected chi connectivity index (χ0v) is 15.0. The lowest BCUT2D eigenvalue weighted by Crippen LogP contribution is -2.46. The molecule has 1 unspecified atom stereocenters. The quantitative estimate of drug-likeness (QED) is 0.838. The summed E-state index contributed by atoms with van der Waals surface area (Å²) in [5, 5.41) is 0. The third-order valence-corrected chi connectivity index (χ3v) is 5.11. The summed E-state index contributed by atoms with van der Waals surface area (Å²) in [4.78, 5) is 29.3. The van der Waals surface area contributed by atoms with Crippen molar-refractivity contribution in [3.63, 3.8) is 0 Å². The van der Waals surface area contributed by atoms with Gasteiger partial charge < -0.3 is 19.3 Å². The minimum atomic E-state index is -0.0732. The van der Waals surface area contributed by atoms with Crippen LogP contribution in [-0.2, 0) is 4.79 Å². The van der Waals surface area contributed by atoms with Crippen molar-refractivity contribution in [2.24, 2.45) is 5.92 Å². The Balaban J connectivity index is 1.70. The van der Waals surface area contributed by atoms with Gasteiger partial charge in [-0.1, -0.05) is 0 Å². The van der Waals surface area contributed by atoms with Crippen LogP contribution in [0.2, 0.25) is 0 Å². The van der Waals surface area contributed by atoms with E-state index in [9.17, 15) is 9.59 Å². The van der Waals surface area contributed by atoms with Gasteiger partial charge in [0.05, 0.1) is 20.1 Å². The lowest BCUT2D eigenvalue weighted by molar-refractivity contribution is -0.135. The molecule has 25 heavy (non-hydrogen) atoms. The molecule has 0 aliphatic carbocycles. The maximum Gasteiger partial charge on any atom is 0.254 e. The fourth-order valence-electron chi connectivity index (χ4n) is 3.71. The highest BCUT2D eigenvalue weighted by Crippen LogP contribution is 2.29. The van der Waals surface area contributed by atoms with Crippen molar-refractivity contribution in [3.05, 3.63) is 23.8 Å². The summed E-state index contributed by atoms with van der Waals surface area (Å²) < 4.78 is 10.5. The average Bonchev–Trinajstić information content (AvgIpc) is 3.21. The molecule has 1 atom stereocenters. The van der Waals surface area contributed by atoms with E-state index in [-0.39, 0.29) is 17.7 Å². The van der Waals surface area contributed by atoms with Gasteiger partial charge in [-0.05, 0) is 43.9 Å². The lowest BCUT2D eigenvalue weighted by Gasteiger charge is -2.34. The molecular weight excluding hydrogens is 320 g/mol. The molecule has 2 aliphatic heterocycles. The first-order valence-corrected chi connectivity index (χ1v) is 8.94. The molecule has 2 heterocycles. The predicted octanol–water partition coefficient (Wildman–Crippen LogP) is 2.18. The third-order valence-electron chi connectivity index (χ3n) is 5.11. The lowest BCUT2D eigenvalue weighted by atomic mass is 9.96. The van der Waals surface area contributed by atoms with Gasteiger partial charge in [0, 0.05) is 31.7 Å². The van der Waals surface area contributed by atoms with Crippen molar-refractivity contribution in [1.29, 1.82) is 0 Å². The molecule has 2 fully saturated rings. The summed E-state index contributed by atoms with van der Waals surface area (Å²) in [7, 11) is 3.12. The van der Waals surface area contributed by atoms with E-state index in [4.69, 9.17) is 9.47 Å². The Bertz CT molecular complexity index is 640. The maximum atomic E-state index is 12.9. The number of rotatable bonds is 4. The summed E-state index contributed by atoms with van der Waals surface area (Å²) in [5.74, 6) is 1.22. The molecule has 2 saturated heterocycles. The first-order chi connectivity index (χ1) is 12.1. The largest absolute Gasteiger partial charge is 0.493 e. The zero-order chi connectivity index (χ0) is 17.8. The van der Waals surface area contributed by atoms with Crippen molar-refractivity contribution < 1.29 is 19.1 Å². The van der Waals surface area contributed by atoms with Gasteiger partial charge >= 0.3 is 0 Å². The predicted molar refractivity (Wildman–Crippen MR) is 94.0 cm³/mol. The molecule has 0 aromatic heterocycles. The average molecular weight is 346 g/mol. The molecule has 1 aromatic rings. The van der Waals surface area contributed by atoms with Gasteiger partial charge in [-0.2, -0.15) is 0 Å². The highest BCUT2D eigenvalue weighted by Gasteiger charge is 2.32. The van der Waals surface area contributed by atoms with Crippen LogP contribution in [-0.4, -0.2) is 62.0 Å². The molecule has 6 nitrogen and oxygen atoms in total. The number of methoxy groups -OCH3 is 2. The Morgan fingerprint density at radius 1 is 0.960 bits per heavy atom. The summed E-state index contributed by atoms with van der Waals surface area (Å²) in [6.45, 7) is 2.91. The van der Waals surface area contributed by atoms with E-state index in [1.165, 1.54) is 0 Å². The smallest absolute Gasteiger partial charge is 0.254 e. The highest BCUT2D eigenvalue weighted by molar-refractivity contribution is 5.95. The number of amides is 2. The van der Waals surface area contributed by atoms with Crippen LogP contribution in [0.3, 0.4) is 0 Å². The summed E-state index contributed by atoms with van der Waals surface area (Å²) in [5.41, 5.74) is 0.562. The number of hydrogen-bond acceptors (Lipinski definition) is 4. The van der Waals surface area contributed by atoms with Crippen LogP contribution in [0.5, 0.6) is 11.5 Å². The molecule has 2 amide bonds. The van der Waals surface area contributed by atoms with E-state index >= 15 is 0 Å². The van der Waals surface area contributed by atoms with Gasteiger partial charge in [0.1, 0.15) is 0 Å². The van der Waals surface area contributed by atoms with Crippen molar-refractivity contribution in [2.45, 2.75) is 25.7 Å². The van der Waals surface area contributed by atoms with E-state index < -0.39 is 0 Å². The SMILES string of the molecule is COc1ccc(C(=O)N2CCCC(C(=O)N3CCCC3)C2)cc1OC. The van der Waals surface area contributed by atoms with Crippen LogP contribution < -0.4 is 9.47 Å². The minimum absolute atomic E-state index is 0.0557. The third kappa shape index (κ3) is 3.72. The Morgan fingerprint density at radius 2 is 1.64 bits per heavy atom. The van der Waals surface area contributed by atoms with Gasteiger partial charge in [0.25, 0.3) is 5.91 Å². The van der Waals surface area contributed by atoms with E-state index in [2.05, 4.69) is 0 Å². The van der Waals surface area contributed by atoms with Crippen molar-refractivity contribution >= 4 is 11.8 Å². The van der Waals surface area contributed by atoms with Crippen molar-refractivity contribution in [1.82, 2.24) is 9.80 Å². The summed E-state index contributed by atoms with van der Waals surface area (Å²) in [6.07, 6.45) is 3.91. The monoisotopic (exact) mass is 346 g/mol. The van der Waals surface area contributed by atoms with Crippen molar-refractivity contribution in [3.8, 4) is 11.5 Å². The number of hydrogen-bond donors (Lipinski definition) is 0. The standard InChI is InChI=1S/C19H26N2O4/c1-24-16-8-7-14(12-17(16)25-2)18(22)21-11-5-6-15(13-21)19(23)20-9-3-4-10-20/h7-8,12,15H,3-6,9-11,13H2,1-2H3. The molecule has 0 saturated carbocycles. The Kier molecular flexibility index (Phi) is 5.46. The molecule has 3 rings (SSSR count). The van der Waals surface area contributed by atoms with E-state index in [0.717, 1.165) is 38.8 Å². The fourth-order valence-corrected chi connectivity index (χ4v) is 3.71. The fraction of sp³-hybridized carbons (Fsp3) is 0.579. The van der Waals surface area contributed by atoms with Gasteiger partial charge in [-0.3, -0.25) is 9.59 Å². The second kappa shape index (κ2) is 7.76. The molecule has 1 aromatic carbocycles. The Hall–Kier alpha value is -2.24. The molecule has 136 valence electrons. The molecule has 2 aliphatic rings. The van der Waals surface area contributed by atoms with Crippen LogP contribution in [0.15, 0.2) is 18.2 Å². The van der Waals surface area contributed by atoms with Crippen LogP contribution in [0.25, 0.3) is 0 Å². The molecule has 0 spiro atoms. The molecular formula is C19H26N2O4. The van der Waals surface area contributed by atoms with Gasteiger partial charge in [-0.25, -0.2) is 0 Å². The normalized spacial score (nSPS) is 20.5. The number of carbonyl (C=O) groups is 2. The van der Waals surface area contributed by atoms with Crippen LogP contribution in [0.4, 0.5) is 0 Å². The number of carbonyl (C=O) groups excluding carboxylic acids is 2. The number of nitrogens with zero attached hydrogens (tertiary/aromatic N) is 2. The second-order valence-corrected chi connectivity index (χ2v) is 6.69. The van der Waals surface area contributed by atoms with Crippen LogP contribution in [0.1, 0.15) is 36.0 Å². The van der Waals surface area contributed by atoms with Gasteiger partial charge in [0.15, 0.2) is 11.5 Å². The van der Waals surface area contributed by atoms with E-state index in [1.807, 2.05) is 4.90 Å². The Morgan fingerprint density at radius 3 is 2.32 bits per heavy atom. The second-order valence-electron chi connectivity index (χ2n) is 6.69. The number of piperidine rings is 1. The topological polar surface area (TPSA) is 59.1 Å². The number of ether oxygens (including phenoxy) is 2. The number of benzene rings is 1. The first-order valence-electron chi connectivity index (χ1n) is 8.94. The molecule has 0 N–H and O–H groups in total. The van der Waals surface area contributed by atoms with Gasteiger partial charge in [-0.15, -0.1) is 0 Å². The summed E-state index contributed by atoms with van der Waals surface area (Å²) in [6, 6.07) is 5.19. The molecule has 0 radical (unpaired) electrons. The van der Waals surface area contributed by atoms with E-state index in [0.29, 0.717) is 30.2 Å².